The fourth-order valence-electron chi connectivity index (χ4n) is 0.915. The van der Waals surface area contributed by atoms with Crippen molar-refractivity contribution in [1.29, 1.82) is 0 Å². The lowest BCUT2D eigenvalue weighted by atomic mass is 10.0. The summed E-state index contributed by atoms with van der Waals surface area (Å²) in [7, 11) is 0. The predicted octanol–water partition coefficient (Wildman–Crippen LogP) is 1.24. The van der Waals surface area contributed by atoms with Crippen molar-refractivity contribution in [2.75, 3.05) is 5.88 Å². The van der Waals surface area contributed by atoms with Crippen LogP contribution in [0.3, 0.4) is 0 Å². The largest absolute Gasteiger partial charge is 0.444 e. The van der Waals surface area contributed by atoms with Crippen molar-refractivity contribution < 1.29 is 14.6 Å². The molecule has 5 heteroatoms. The summed E-state index contributed by atoms with van der Waals surface area (Å²) in [5.74, 6) is 0.187. The molecule has 0 heterocycles. The van der Waals surface area contributed by atoms with Crippen LogP contribution in [0.2, 0.25) is 0 Å². The van der Waals surface area contributed by atoms with Crippen LogP contribution < -0.4 is 5.73 Å². The van der Waals surface area contributed by atoms with Gasteiger partial charge < -0.3 is 15.6 Å². The summed E-state index contributed by atoms with van der Waals surface area (Å²) in [5.41, 5.74) is 4.23. The minimum absolute atomic E-state index is 0.187. The van der Waals surface area contributed by atoms with Crippen LogP contribution in [-0.2, 0) is 4.74 Å². The summed E-state index contributed by atoms with van der Waals surface area (Å²) in [4.78, 5) is 10.4. The van der Waals surface area contributed by atoms with Gasteiger partial charge in [-0.1, -0.05) is 0 Å². The molecule has 0 fully saturated rings. The third kappa shape index (κ3) is 6.66. The molecule has 0 aromatic carbocycles. The van der Waals surface area contributed by atoms with E-state index in [1.807, 2.05) is 0 Å². The van der Waals surface area contributed by atoms with E-state index in [0.717, 1.165) is 0 Å². The van der Waals surface area contributed by atoms with Crippen LogP contribution in [0.4, 0.5) is 4.79 Å². The SMILES string of the molecule is CC(C)(CCC(O)CCl)OC(N)=O. The van der Waals surface area contributed by atoms with E-state index in [2.05, 4.69) is 0 Å². The van der Waals surface area contributed by atoms with Gasteiger partial charge in [0.15, 0.2) is 0 Å². The number of amides is 1. The zero-order chi connectivity index (χ0) is 10.5. The van der Waals surface area contributed by atoms with Crippen molar-refractivity contribution in [2.45, 2.75) is 38.4 Å². The first kappa shape index (κ1) is 12.5. The fourth-order valence-corrected chi connectivity index (χ4v) is 1.07. The summed E-state index contributed by atoms with van der Waals surface area (Å²) in [5, 5.41) is 9.15. The topological polar surface area (TPSA) is 72.6 Å². The molecule has 0 aliphatic rings. The molecule has 0 aromatic rings. The standard InChI is InChI=1S/C8H16ClNO3/c1-8(2,13-7(10)12)4-3-6(11)5-9/h6,11H,3-5H2,1-2H3,(H2,10,12). The molecule has 13 heavy (non-hydrogen) atoms. The highest BCUT2D eigenvalue weighted by Gasteiger charge is 2.22. The molecule has 3 N–H and O–H groups in total. The first-order chi connectivity index (χ1) is 5.87. The smallest absolute Gasteiger partial charge is 0.405 e. The molecule has 0 spiro atoms. The molecule has 0 radical (unpaired) electrons. The number of hydrogen-bond donors (Lipinski definition) is 2. The van der Waals surface area contributed by atoms with Crippen LogP contribution in [0.1, 0.15) is 26.7 Å². The van der Waals surface area contributed by atoms with Gasteiger partial charge >= 0.3 is 6.09 Å². The Bertz CT molecular complexity index is 173. The Labute approximate surface area is 83.0 Å². The van der Waals surface area contributed by atoms with Crippen molar-refractivity contribution >= 4 is 17.7 Å². The van der Waals surface area contributed by atoms with Gasteiger partial charge in [-0.3, -0.25) is 0 Å². The second-order valence-electron chi connectivity index (χ2n) is 3.53. The average Bonchev–Trinajstić information content (AvgIpc) is 1.98. The van der Waals surface area contributed by atoms with Crippen LogP contribution in [0, 0.1) is 0 Å². The van der Waals surface area contributed by atoms with E-state index in [-0.39, 0.29) is 5.88 Å². The molecule has 4 nitrogen and oxygen atoms in total. The first-order valence-electron chi connectivity index (χ1n) is 4.10. The highest BCUT2D eigenvalue weighted by atomic mass is 35.5. The van der Waals surface area contributed by atoms with Gasteiger partial charge in [0.05, 0.1) is 6.10 Å². The number of aliphatic hydroxyl groups excluding tert-OH is 1. The van der Waals surface area contributed by atoms with Gasteiger partial charge in [-0.25, -0.2) is 4.79 Å². The zero-order valence-electron chi connectivity index (χ0n) is 7.92. The predicted molar refractivity (Wildman–Crippen MR) is 50.7 cm³/mol. The number of hydrogen-bond acceptors (Lipinski definition) is 3. The van der Waals surface area contributed by atoms with E-state index >= 15 is 0 Å². The van der Waals surface area contributed by atoms with Gasteiger partial charge in [-0.2, -0.15) is 0 Å². The number of aliphatic hydroxyl groups is 1. The second-order valence-corrected chi connectivity index (χ2v) is 3.84. The van der Waals surface area contributed by atoms with E-state index < -0.39 is 17.8 Å². The maximum atomic E-state index is 10.4. The lowest BCUT2D eigenvalue weighted by Crippen LogP contribution is -2.32. The second kappa shape index (κ2) is 5.29. The molecule has 1 unspecified atom stereocenters. The number of ether oxygens (including phenoxy) is 1. The molecule has 0 aliphatic carbocycles. The number of alkyl halides is 1. The summed E-state index contributed by atoms with van der Waals surface area (Å²) >= 11 is 5.40. The molecular weight excluding hydrogens is 194 g/mol. The van der Waals surface area contributed by atoms with E-state index in [9.17, 15) is 4.79 Å². The summed E-state index contributed by atoms with van der Waals surface area (Å²) < 4.78 is 4.82. The highest BCUT2D eigenvalue weighted by Crippen LogP contribution is 2.18. The Morgan fingerprint density at radius 2 is 2.23 bits per heavy atom. The van der Waals surface area contributed by atoms with Crippen LogP contribution in [0.25, 0.3) is 0 Å². The monoisotopic (exact) mass is 209 g/mol. The van der Waals surface area contributed by atoms with Crippen LogP contribution >= 0.6 is 11.6 Å². The van der Waals surface area contributed by atoms with E-state index in [1.54, 1.807) is 13.8 Å². The van der Waals surface area contributed by atoms with Crippen molar-refractivity contribution in [3.05, 3.63) is 0 Å². The summed E-state index contributed by atoms with van der Waals surface area (Å²) in [6, 6.07) is 0. The van der Waals surface area contributed by atoms with Gasteiger partial charge in [0, 0.05) is 5.88 Å². The average molecular weight is 210 g/mol. The minimum atomic E-state index is -0.801. The summed E-state index contributed by atoms with van der Waals surface area (Å²) in [6.45, 7) is 3.47. The van der Waals surface area contributed by atoms with Gasteiger partial charge in [-0.05, 0) is 26.7 Å². The minimum Gasteiger partial charge on any atom is -0.444 e. The van der Waals surface area contributed by atoms with Gasteiger partial charge in [0.2, 0.25) is 0 Å². The van der Waals surface area contributed by atoms with Crippen LogP contribution in [-0.4, -0.2) is 28.8 Å². The number of rotatable bonds is 5. The number of primary amides is 1. The van der Waals surface area contributed by atoms with E-state index in [4.69, 9.17) is 27.2 Å². The van der Waals surface area contributed by atoms with Crippen LogP contribution in [0.5, 0.6) is 0 Å². The molecule has 0 aliphatic heterocycles. The fraction of sp³-hybridized carbons (Fsp3) is 0.875. The van der Waals surface area contributed by atoms with Gasteiger partial charge in [0.1, 0.15) is 5.60 Å². The van der Waals surface area contributed by atoms with Crippen molar-refractivity contribution in [1.82, 2.24) is 0 Å². The lowest BCUT2D eigenvalue weighted by Gasteiger charge is -2.24. The number of nitrogens with two attached hydrogens (primary N) is 1. The Hall–Kier alpha value is -0.480. The molecular formula is C8H16ClNO3. The third-order valence-corrected chi connectivity index (χ3v) is 1.99. The molecule has 1 atom stereocenters. The Morgan fingerprint density at radius 1 is 1.69 bits per heavy atom. The normalized spacial score (nSPS) is 13.8. The number of halogens is 1. The van der Waals surface area contributed by atoms with Crippen molar-refractivity contribution in [2.24, 2.45) is 5.73 Å². The molecule has 78 valence electrons. The number of carbonyl (C=O) groups excluding carboxylic acids is 1. The maximum Gasteiger partial charge on any atom is 0.405 e. The molecule has 0 bridgehead atoms. The molecule has 0 saturated carbocycles. The first-order valence-corrected chi connectivity index (χ1v) is 4.63. The quantitative estimate of drug-likeness (QED) is 0.670. The van der Waals surface area contributed by atoms with Gasteiger partial charge in [-0.15, -0.1) is 11.6 Å². The molecule has 0 rings (SSSR count). The third-order valence-electron chi connectivity index (χ3n) is 1.63. The molecule has 0 saturated heterocycles. The lowest BCUT2D eigenvalue weighted by molar-refractivity contribution is 0.0279. The highest BCUT2D eigenvalue weighted by molar-refractivity contribution is 6.18. The van der Waals surface area contributed by atoms with E-state index in [0.29, 0.717) is 12.8 Å². The Balaban J connectivity index is 3.81. The molecule has 0 aromatic heterocycles. The summed E-state index contributed by atoms with van der Waals surface area (Å²) in [6.07, 6.45) is -0.337. The van der Waals surface area contributed by atoms with Gasteiger partial charge in [0.25, 0.3) is 0 Å². The zero-order valence-corrected chi connectivity index (χ0v) is 8.67. The maximum absolute atomic E-state index is 10.4. The Morgan fingerprint density at radius 3 is 2.62 bits per heavy atom. The molecule has 1 amide bonds. The van der Waals surface area contributed by atoms with Crippen LogP contribution in [0.15, 0.2) is 0 Å². The Kier molecular flexibility index (Phi) is 5.10. The van der Waals surface area contributed by atoms with Crippen molar-refractivity contribution in [3.8, 4) is 0 Å². The number of carbonyl (C=O) groups is 1. The van der Waals surface area contributed by atoms with Crippen molar-refractivity contribution in [3.63, 3.8) is 0 Å². The van der Waals surface area contributed by atoms with E-state index in [1.165, 1.54) is 0 Å².